The monoisotopic (exact) mass is 309 g/mol. The maximum absolute atomic E-state index is 12.1. The summed E-state index contributed by atoms with van der Waals surface area (Å²) in [6, 6.07) is 12.3. The zero-order valence-corrected chi connectivity index (χ0v) is 13.1. The molecule has 0 aliphatic carbocycles. The van der Waals surface area contributed by atoms with Crippen LogP contribution in [0.3, 0.4) is 0 Å². The molecule has 0 fully saturated rings. The number of anilines is 1. The highest BCUT2D eigenvalue weighted by Gasteiger charge is 2.09. The smallest absolute Gasteiger partial charge is 0.274 e. The van der Waals surface area contributed by atoms with Crippen molar-refractivity contribution in [1.82, 2.24) is 4.98 Å². The van der Waals surface area contributed by atoms with Crippen molar-refractivity contribution in [3.05, 3.63) is 53.9 Å². The molecule has 0 aliphatic heterocycles. The number of nitrogens with one attached hydrogen (secondary N) is 1. The van der Waals surface area contributed by atoms with Crippen LogP contribution >= 0.6 is 0 Å². The lowest BCUT2D eigenvalue weighted by atomic mass is 10.2. The lowest BCUT2D eigenvalue weighted by Crippen LogP contribution is -2.13. The van der Waals surface area contributed by atoms with Crippen LogP contribution < -0.4 is 10.1 Å². The number of carbonyl (C=O) groups excluding carboxylic acids is 1. The number of nitrogens with zero attached hydrogens (tertiary/aromatic N) is 2. The second kappa shape index (κ2) is 8.54. The molecule has 118 valence electrons. The second-order valence-corrected chi connectivity index (χ2v) is 5.05. The molecule has 0 aliphatic rings. The largest absolute Gasteiger partial charge is 0.492 e. The van der Waals surface area contributed by atoms with Crippen LogP contribution in [0.4, 0.5) is 5.69 Å². The summed E-state index contributed by atoms with van der Waals surface area (Å²) in [4.78, 5) is 16.0. The van der Waals surface area contributed by atoms with Crippen molar-refractivity contribution < 1.29 is 9.53 Å². The topological polar surface area (TPSA) is 75.0 Å². The molecule has 0 spiro atoms. The minimum Gasteiger partial charge on any atom is -0.492 e. The Kier molecular flexibility index (Phi) is 6.13. The Morgan fingerprint density at radius 1 is 1.30 bits per heavy atom. The molecule has 5 heteroatoms. The molecule has 5 nitrogen and oxygen atoms in total. The fourth-order valence-electron chi connectivity index (χ4n) is 2.05. The number of hydrogen-bond acceptors (Lipinski definition) is 4. The van der Waals surface area contributed by atoms with E-state index >= 15 is 0 Å². The zero-order chi connectivity index (χ0) is 16.5. The van der Waals surface area contributed by atoms with Gasteiger partial charge in [-0.05, 0) is 36.8 Å². The van der Waals surface area contributed by atoms with E-state index in [4.69, 9.17) is 4.74 Å². The molecule has 1 aromatic carbocycles. The van der Waals surface area contributed by atoms with Crippen molar-refractivity contribution in [1.29, 1.82) is 5.26 Å². The molecular weight excluding hydrogens is 290 g/mol. The third kappa shape index (κ3) is 4.82. The fourth-order valence-corrected chi connectivity index (χ4v) is 2.05. The maximum atomic E-state index is 12.1. The summed E-state index contributed by atoms with van der Waals surface area (Å²) in [6.07, 6.45) is 4.73. The van der Waals surface area contributed by atoms with Gasteiger partial charge < -0.3 is 10.1 Å². The summed E-state index contributed by atoms with van der Waals surface area (Å²) in [5.74, 6) is 0.227. The number of hydrogen-bond donors (Lipinski definition) is 1. The first-order chi connectivity index (χ1) is 11.2. The number of ether oxygens (including phenoxy) is 1. The summed E-state index contributed by atoms with van der Waals surface area (Å²) < 4.78 is 5.63. The molecule has 0 unspecified atom stereocenters. The number of benzene rings is 1. The summed E-state index contributed by atoms with van der Waals surface area (Å²) in [5.41, 5.74) is 1.27. The third-order valence-electron chi connectivity index (χ3n) is 3.26. The van der Waals surface area contributed by atoms with Gasteiger partial charge in [-0.3, -0.25) is 9.78 Å². The van der Waals surface area contributed by atoms with E-state index in [0.717, 1.165) is 19.3 Å². The number of pyridine rings is 1. The standard InChI is InChI=1S/C18H19N3O2/c1-2-3-6-11-23-17-9-8-15(12-14(17)13-19)21-18(22)16-7-4-5-10-20-16/h4-5,7-10,12H,2-3,6,11H2,1H3,(H,21,22). The first kappa shape index (κ1) is 16.5. The van der Waals surface area contributed by atoms with Gasteiger partial charge in [-0.1, -0.05) is 25.8 Å². The number of amides is 1. The highest BCUT2D eigenvalue weighted by Crippen LogP contribution is 2.22. The van der Waals surface area contributed by atoms with Crippen LogP contribution in [0.1, 0.15) is 42.2 Å². The van der Waals surface area contributed by atoms with Crippen LogP contribution in [-0.2, 0) is 0 Å². The highest BCUT2D eigenvalue weighted by molar-refractivity contribution is 6.02. The predicted octanol–water partition coefficient (Wildman–Crippen LogP) is 3.77. The first-order valence-electron chi connectivity index (χ1n) is 7.64. The average Bonchev–Trinajstić information content (AvgIpc) is 2.60. The molecule has 1 amide bonds. The van der Waals surface area contributed by atoms with Crippen LogP contribution in [0.25, 0.3) is 0 Å². The summed E-state index contributed by atoms with van der Waals surface area (Å²) in [5, 5.41) is 12.0. The summed E-state index contributed by atoms with van der Waals surface area (Å²) >= 11 is 0. The lowest BCUT2D eigenvalue weighted by molar-refractivity contribution is 0.102. The lowest BCUT2D eigenvalue weighted by Gasteiger charge is -2.10. The number of carbonyl (C=O) groups is 1. The van der Waals surface area contributed by atoms with E-state index in [2.05, 4.69) is 23.3 Å². The Morgan fingerprint density at radius 2 is 2.17 bits per heavy atom. The van der Waals surface area contributed by atoms with Gasteiger partial charge in [0.25, 0.3) is 5.91 Å². The molecular formula is C18H19N3O2. The number of unbranched alkanes of at least 4 members (excludes halogenated alkanes) is 2. The van der Waals surface area contributed by atoms with E-state index in [9.17, 15) is 10.1 Å². The van der Waals surface area contributed by atoms with Gasteiger partial charge in [0.15, 0.2) is 0 Å². The van der Waals surface area contributed by atoms with Crippen molar-refractivity contribution in [2.45, 2.75) is 26.2 Å². The minimum absolute atomic E-state index is 0.314. The Balaban J connectivity index is 2.04. The predicted molar refractivity (Wildman–Crippen MR) is 88.4 cm³/mol. The van der Waals surface area contributed by atoms with E-state index in [-0.39, 0.29) is 5.91 Å². The van der Waals surface area contributed by atoms with Gasteiger partial charge in [-0.15, -0.1) is 0 Å². The van der Waals surface area contributed by atoms with Gasteiger partial charge in [-0.25, -0.2) is 0 Å². The van der Waals surface area contributed by atoms with Crippen molar-refractivity contribution in [2.75, 3.05) is 11.9 Å². The minimum atomic E-state index is -0.314. The van der Waals surface area contributed by atoms with Crippen LogP contribution in [0.2, 0.25) is 0 Å². The quantitative estimate of drug-likeness (QED) is 0.790. The van der Waals surface area contributed by atoms with Gasteiger partial charge in [0, 0.05) is 11.9 Å². The van der Waals surface area contributed by atoms with E-state index in [1.807, 2.05) is 0 Å². The molecule has 1 aromatic heterocycles. The molecule has 2 rings (SSSR count). The van der Waals surface area contributed by atoms with Crippen LogP contribution in [0.15, 0.2) is 42.6 Å². The molecule has 2 aromatic rings. The molecule has 1 N–H and O–H groups in total. The Hall–Kier alpha value is -2.87. The summed E-state index contributed by atoms with van der Waals surface area (Å²) in [7, 11) is 0. The SMILES string of the molecule is CCCCCOc1ccc(NC(=O)c2ccccn2)cc1C#N. The van der Waals surface area contributed by atoms with E-state index in [1.165, 1.54) is 0 Å². The zero-order valence-electron chi connectivity index (χ0n) is 13.1. The van der Waals surface area contributed by atoms with Gasteiger partial charge >= 0.3 is 0 Å². The third-order valence-corrected chi connectivity index (χ3v) is 3.26. The normalized spacial score (nSPS) is 9.91. The van der Waals surface area contributed by atoms with Crippen molar-refractivity contribution in [3.63, 3.8) is 0 Å². The first-order valence-corrected chi connectivity index (χ1v) is 7.64. The van der Waals surface area contributed by atoms with Gasteiger partial charge in [0.1, 0.15) is 17.5 Å². The highest BCUT2D eigenvalue weighted by atomic mass is 16.5. The Labute approximate surface area is 135 Å². The number of aromatic nitrogens is 1. The fraction of sp³-hybridized carbons (Fsp3) is 0.278. The molecule has 0 bridgehead atoms. The van der Waals surface area contributed by atoms with Gasteiger partial charge in [0.05, 0.1) is 12.2 Å². The van der Waals surface area contributed by atoms with Crippen LogP contribution in [0, 0.1) is 11.3 Å². The molecule has 0 atom stereocenters. The van der Waals surface area contributed by atoms with Crippen molar-refractivity contribution in [3.8, 4) is 11.8 Å². The molecule has 0 saturated carbocycles. The van der Waals surface area contributed by atoms with Gasteiger partial charge in [0.2, 0.25) is 0 Å². The van der Waals surface area contributed by atoms with Crippen LogP contribution in [-0.4, -0.2) is 17.5 Å². The van der Waals surface area contributed by atoms with Crippen molar-refractivity contribution in [2.24, 2.45) is 0 Å². The number of rotatable bonds is 7. The average molecular weight is 309 g/mol. The van der Waals surface area contributed by atoms with E-state index in [1.54, 1.807) is 42.6 Å². The molecule has 1 heterocycles. The maximum Gasteiger partial charge on any atom is 0.274 e. The Bertz CT molecular complexity index is 693. The van der Waals surface area contributed by atoms with Crippen LogP contribution in [0.5, 0.6) is 5.75 Å². The van der Waals surface area contributed by atoms with Crippen molar-refractivity contribution >= 4 is 11.6 Å². The molecule has 0 saturated heterocycles. The van der Waals surface area contributed by atoms with E-state index in [0.29, 0.717) is 29.3 Å². The number of nitriles is 1. The van der Waals surface area contributed by atoms with Gasteiger partial charge in [-0.2, -0.15) is 5.26 Å². The molecule has 0 radical (unpaired) electrons. The Morgan fingerprint density at radius 3 is 2.87 bits per heavy atom. The second-order valence-electron chi connectivity index (χ2n) is 5.05. The summed E-state index contributed by atoms with van der Waals surface area (Å²) in [6.45, 7) is 2.71. The van der Waals surface area contributed by atoms with E-state index < -0.39 is 0 Å². The molecule has 23 heavy (non-hydrogen) atoms.